The molecule has 1 atom stereocenters. The lowest BCUT2D eigenvalue weighted by Crippen LogP contribution is -2.36. The number of carbonyl (C=O) groups excluding carboxylic acids is 1. The summed E-state index contributed by atoms with van der Waals surface area (Å²) in [6.45, 7) is 5.07. The molecule has 1 aromatic heterocycles. The van der Waals surface area contributed by atoms with E-state index in [-0.39, 0.29) is 17.1 Å². The van der Waals surface area contributed by atoms with Crippen LogP contribution in [0.3, 0.4) is 0 Å². The molecule has 0 bridgehead atoms. The van der Waals surface area contributed by atoms with Crippen LogP contribution in [0.25, 0.3) is 0 Å². The minimum Gasteiger partial charge on any atom is -0.378 e. The fraction of sp³-hybridized carbons (Fsp3) is 0.400. The van der Waals surface area contributed by atoms with Crippen LogP contribution in [0, 0.1) is 0 Å². The number of carbonyl (C=O) groups is 1. The highest BCUT2D eigenvalue weighted by atomic mass is 32.2. The number of hydrogen-bond donors (Lipinski definition) is 3. The molecule has 128 valence electrons. The third kappa shape index (κ3) is 4.18. The summed E-state index contributed by atoms with van der Waals surface area (Å²) in [6.07, 6.45) is 0. The summed E-state index contributed by atoms with van der Waals surface area (Å²) < 4.78 is 5.35. The molecular weight excluding hydrogens is 328 g/mol. The Morgan fingerprint density at radius 1 is 1.38 bits per heavy atom. The van der Waals surface area contributed by atoms with Crippen LogP contribution in [0.15, 0.2) is 29.4 Å². The van der Waals surface area contributed by atoms with E-state index in [2.05, 4.69) is 25.4 Å². The predicted octanol–water partition coefficient (Wildman–Crippen LogP) is 1.34. The van der Waals surface area contributed by atoms with Gasteiger partial charge in [-0.3, -0.25) is 4.79 Å². The molecule has 1 fully saturated rings. The van der Waals surface area contributed by atoms with Gasteiger partial charge in [-0.2, -0.15) is 4.98 Å². The number of H-pyrrole nitrogens is 1. The number of nitrogen functional groups attached to an aromatic ring is 1. The Hall–Kier alpha value is -2.26. The molecule has 2 aromatic rings. The number of benzene rings is 1. The van der Waals surface area contributed by atoms with Gasteiger partial charge in [0.15, 0.2) is 0 Å². The molecule has 0 radical (unpaired) electrons. The van der Waals surface area contributed by atoms with Crippen molar-refractivity contribution in [3.63, 3.8) is 0 Å². The number of ether oxygens (including phenoxy) is 1. The molecule has 9 heteroatoms. The van der Waals surface area contributed by atoms with Gasteiger partial charge in [0.2, 0.25) is 17.0 Å². The minimum absolute atomic E-state index is 0.109. The lowest BCUT2D eigenvalue weighted by molar-refractivity contribution is -0.115. The summed E-state index contributed by atoms with van der Waals surface area (Å²) in [5, 5.41) is 9.49. The van der Waals surface area contributed by atoms with E-state index in [0.717, 1.165) is 37.7 Å². The van der Waals surface area contributed by atoms with Crippen molar-refractivity contribution in [3.8, 4) is 0 Å². The zero-order chi connectivity index (χ0) is 16.9. The summed E-state index contributed by atoms with van der Waals surface area (Å²) in [5.41, 5.74) is 7.37. The highest BCUT2D eigenvalue weighted by Gasteiger charge is 2.17. The SMILES string of the molecule is C[C@@H](Sc1n[nH]c(N)n1)C(=O)Nc1ccc(N2CCOCC2)cc1. The first-order valence-electron chi connectivity index (χ1n) is 7.70. The van der Waals surface area contributed by atoms with E-state index in [0.29, 0.717) is 5.16 Å². The van der Waals surface area contributed by atoms with Crippen LogP contribution in [0.1, 0.15) is 6.92 Å². The molecule has 8 nitrogen and oxygen atoms in total. The average Bonchev–Trinajstić information content (AvgIpc) is 3.01. The van der Waals surface area contributed by atoms with E-state index in [1.807, 2.05) is 24.3 Å². The van der Waals surface area contributed by atoms with E-state index in [9.17, 15) is 4.79 Å². The van der Waals surface area contributed by atoms with Gasteiger partial charge in [-0.15, -0.1) is 5.10 Å². The monoisotopic (exact) mass is 348 g/mol. The maximum Gasteiger partial charge on any atom is 0.237 e. The predicted molar refractivity (Wildman–Crippen MR) is 94.2 cm³/mol. The minimum atomic E-state index is -0.334. The Bertz CT molecular complexity index is 684. The second kappa shape index (κ2) is 7.54. The first kappa shape index (κ1) is 16.6. The quantitative estimate of drug-likeness (QED) is 0.700. The van der Waals surface area contributed by atoms with Gasteiger partial charge in [-0.25, -0.2) is 5.10 Å². The summed E-state index contributed by atoms with van der Waals surface area (Å²) in [4.78, 5) is 18.5. The number of thioether (sulfide) groups is 1. The first-order chi connectivity index (χ1) is 11.6. The molecular formula is C15H20N6O2S. The van der Waals surface area contributed by atoms with Gasteiger partial charge < -0.3 is 20.7 Å². The fourth-order valence-corrected chi connectivity index (χ4v) is 3.08. The number of rotatable bonds is 5. The lowest BCUT2D eigenvalue weighted by atomic mass is 10.2. The topological polar surface area (TPSA) is 109 Å². The van der Waals surface area contributed by atoms with Gasteiger partial charge >= 0.3 is 0 Å². The molecule has 1 aromatic carbocycles. The standard InChI is InChI=1S/C15H20N6O2S/c1-10(24-15-18-14(16)19-20-15)13(22)17-11-2-4-12(5-3-11)21-6-8-23-9-7-21/h2-5,10H,6-9H2,1H3,(H,17,22)(H3,16,18,19,20)/t10-/m1/s1. The normalized spacial score (nSPS) is 16.0. The van der Waals surface area contributed by atoms with E-state index < -0.39 is 0 Å². The Morgan fingerprint density at radius 2 is 2.08 bits per heavy atom. The lowest BCUT2D eigenvalue weighted by Gasteiger charge is -2.28. The molecule has 2 heterocycles. The summed E-state index contributed by atoms with van der Waals surface area (Å²) >= 11 is 1.25. The Kier molecular flexibility index (Phi) is 5.21. The van der Waals surface area contributed by atoms with Gasteiger partial charge in [0.05, 0.1) is 18.5 Å². The second-order valence-corrected chi connectivity index (χ2v) is 6.71. The maximum atomic E-state index is 12.3. The molecule has 0 unspecified atom stereocenters. The van der Waals surface area contributed by atoms with Crippen molar-refractivity contribution < 1.29 is 9.53 Å². The molecule has 1 aliphatic rings. The van der Waals surface area contributed by atoms with Crippen molar-refractivity contribution in [2.24, 2.45) is 0 Å². The van der Waals surface area contributed by atoms with Gasteiger partial charge in [0.25, 0.3) is 0 Å². The zero-order valence-corrected chi connectivity index (χ0v) is 14.2. The summed E-state index contributed by atoms with van der Waals surface area (Å²) in [6, 6.07) is 7.83. The molecule has 0 spiro atoms. The molecule has 4 N–H and O–H groups in total. The molecule has 1 saturated heterocycles. The maximum absolute atomic E-state index is 12.3. The van der Waals surface area contributed by atoms with Crippen molar-refractivity contribution in [3.05, 3.63) is 24.3 Å². The van der Waals surface area contributed by atoms with Crippen LogP contribution in [0.5, 0.6) is 0 Å². The number of nitrogens with one attached hydrogen (secondary N) is 2. The van der Waals surface area contributed by atoms with Crippen LogP contribution in [-0.4, -0.2) is 52.6 Å². The van der Waals surface area contributed by atoms with Crippen LogP contribution < -0.4 is 16.0 Å². The van der Waals surface area contributed by atoms with Crippen molar-refractivity contribution in [2.45, 2.75) is 17.3 Å². The van der Waals surface area contributed by atoms with Crippen LogP contribution in [0.2, 0.25) is 0 Å². The largest absolute Gasteiger partial charge is 0.378 e. The number of nitrogens with zero attached hydrogens (tertiary/aromatic N) is 3. The van der Waals surface area contributed by atoms with E-state index >= 15 is 0 Å². The van der Waals surface area contributed by atoms with Crippen LogP contribution >= 0.6 is 11.8 Å². The fourth-order valence-electron chi connectivity index (χ4n) is 2.34. The van der Waals surface area contributed by atoms with E-state index in [1.165, 1.54) is 11.8 Å². The number of anilines is 3. The Balaban J connectivity index is 1.55. The average molecular weight is 348 g/mol. The molecule has 0 aliphatic carbocycles. The summed E-state index contributed by atoms with van der Waals surface area (Å²) in [7, 11) is 0. The third-order valence-corrected chi connectivity index (χ3v) is 4.61. The molecule has 1 amide bonds. The third-order valence-electron chi connectivity index (χ3n) is 3.64. The number of aromatic amines is 1. The van der Waals surface area contributed by atoms with Crippen LogP contribution in [0.4, 0.5) is 17.3 Å². The number of amides is 1. The molecule has 0 saturated carbocycles. The number of morpholine rings is 1. The first-order valence-corrected chi connectivity index (χ1v) is 8.58. The van der Waals surface area contributed by atoms with E-state index in [4.69, 9.17) is 10.5 Å². The van der Waals surface area contributed by atoms with Crippen molar-refractivity contribution in [2.75, 3.05) is 42.3 Å². The highest BCUT2D eigenvalue weighted by molar-refractivity contribution is 8.00. The highest BCUT2D eigenvalue weighted by Crippen LogP contribution is 2.22. The number of nitrogens with two attached hydrogens (primary N) is 1. The van der Waals surface area contributed by atoms with Crippen LogP contribution in [-0.2, 0) is 9.53 Å². The molecule has 1 aliphatic heterocycles. The summed E-state index contributed by atoms with van der Waals surface area (Å²) in [5.74, 6) is 0.131. The van der Waals surface area contributed by atoms with E-state index in [1.54, 1.807) is 6.92 Å². The molecule has 24 heavy (non-hydrogen) atoms. The smallest absolute Gasteiger partial charge is 0.237 e. The Morgan fingerprint density at radius 3 is 2.71 bits per heavy atom. The number of hydrogen-bond acceptors (Lipinski definition) is 7. The van der Waals surface area contributed by atoms with Gasteiger partial charge in [-0.05, 0) is 31.2 Å². The Labute approximate surface area is 144 Å². The van der Waals surface area contributed by atoms with Gasteiger partial charge in [0.1, 0.15) is 0 Å². The second-order valence-electron chi connectivity index (χ2n) is 5.40. The van der Waals surface area contributed by atoms with Crippen molar-refractivity contribution in [1.29, 1.82) is 0 Å². The number of aromatic nitrogens is 3. The zero-order valence-electron chi connectivity index (χ0n) is 13.4. The van der Waals surface area contributed by atoms with Crippen molar-refractivity contribution >= 4 is 35.0 Å². The van der Waals surface area contributed by atoms with Crippen molar-refractivity contribution in [1.82, 2.24) is 15.2 Å². The van der Waals surface area contributed by atoms with Gasteiger partial charge in [-0.1, -0.05) is 11.8 Å². The van der Waals surface area contributed by atoms with Gasteiger partial charge in [0, 0.05) is 24.5 Å². The molecule has 3 rings (SSSR count).